The third-order valence-corrected chi connectivity index (χ3v) is 15.5. The molecule has 0 spiro atoms. The van der Waals surface area contributed by atoms with Crippen molar-refractivity contribution in [1.82, 2.24) is 0 Å². The van der Waals surface area contributed by atoms with E-state index in [9.17, 15) is 0 Å². The van der Waals surface area contributed by atoms with Crippen molar-refractivity contribution in [2.75, 3.05) is 6.16 Å². The minimum atomic E-state index is -2.95. The maximum atomic E-state index is 6.19. The summed E-state index contributed by atoms with van der Waals surface area (Å²) in [6, 6.07) is 32.6. The van der Waals surface area contributed by atoms with Crippen LogP contribution in [0.3, 0.4) is 0 Å². The average molecular weight is 501 g/mol. The molecule has 0 heterocycles. The van der Waals surface area contributed by atoms with Gasteiger partial charge in [0.05, 0.1) is 0 Å². The van der Waals surface area contributed by atoms with Crippen molar-refractivity contribution in [1.29, 1.82) is 0 Å². The van der Waals surface area contributed by atoms with Crippen LogP contribution >= 0.6 is 20.8 Å². The second-order valence-corrected chi connectivity index (χ2v) is 17.6. The fourth-order valence-electron chi connectivity index (χ4n) is 4.17. The van der Waals surface area contributed by atoms with Crippen LogP contribution in [0.5, 0.6) is 0 Å². The molecule has 0 amide bonds. The molecule has 0 saturated carbocycles. The number of ether oxygens (including phenoxy) is 2. The topological polar surface area (TPSA) is 18.5 Å². The Bertz CT molecular complexity index is 820. The van der Waals surface area contributed by atoms with Crippen LogP contribution in [0.25, 0.3) is 0 Å². The van der Waals surface area contributed by atoms with E-state index in [4.69, 9.17) is 9.47 Å². The molecule has 31 heavy (non-hydrogen) atoms. The van der Waals surface area contributed by atoms with Gasteiger partial charge in [0.1, 0.15) is 0 Å². The molecule has 0 aromatic heterocycles. The second kappa shape index (κ2) is 10.4. The predicted octanol–water partition coefficient (Wildman–Crippen LogP) is 6.39. The van der Waals surface area contributed by atoms with Gasteiger partial charge < -0.3 is 0 Å². The first kappa shape index (κ1) is 24.1. The van der Waals surface area contributed by atoms with Crippen LogP contribution in [0.4, 0.5) is 0 Å². The van der Waals surface area contributed by atoms with E-state index < -0.39 is 5.31 Å². The number of hydrogen-bond donors (Lipinski definition) is 0. The first-order chi connectivity index (χ1) is 14.8. The Balaban J connectivity index is 2.18. The van der Waals surface area contributed by atoms with Crippen molar-refractivity contribution in [3.8, 4) is 0 Å². The van der Waals surface area contributed by atoms with E-state index in [1.54, 1.807) is 0 Å². The van der Waals surface area contributed by atoms with Gasteiger partial charge in [0.2, 0.25) is 0 Å². The maximum absolute atomic E-state index is 6.19. The van der Waals surface area contributed by atoms with E-state index in [1.807, 2.05) is 0 Å². The molecule has 0 radical (unpaired) electrons. The molecule has 0 aliphatic heterocycles. The fraction of sp³-hybridized carbons (Fsp3) is 0.333. The summed E-state index contributed by atoms with van der Waals surface area (Å²) in [5.74, 6) is 0. The summed E-state index contributed by atoms with van der Waals surface area (Å²) in [6.45, 7) is 8.26. The molecule has 0 atom stereocenters. The number of rotatable bonds is 10. The van der Waals surface area contributed by atoms with E-state index >= 15 is 0 Å². The normalized spacial score (nSPS) is 13.5. The molecule has 0 bridgehead atoms. The Kier molecular flexibility index (Phi) is 8.10. The summed E-state index contributed by atoms with van der Waals surface area (Å²) in [6.07, 6.45) is 1.65. The van der Waals surface area contributed by atoms with E-state index in [0.717, 1.165) is 12.6 Å². The van der Waals surface area contributed by atoms with Crippen molar-refractivity contribution >= 4 is 36.7 Å². The Morgan fingerprint density at radius 1 is 0.613 bits per heavy atom. The zero-order valence-electron chi connectivity index (χ0n) is 18.9. The molecule has 0 aliphatic carbocycles. The fourth-order valence-corrected chi connectivity index (χ4v) is 11.7. The first-order valence-electron chi connectivity index (χ1n) is 11.0. The number of benzene rings is 3. The average Bonchev–Trinajstić information content (AvgIpc) is 2.78. The van der Waals surface area contributed by atoms with Gasteiger partial charge in [-0.25, -0.2) is 0 Å². The quantitative estimate of drug-likeness (QED) is 0.237. The Morgan fingerprint density at radius 2 is 0.935 bits per heavy atom. The zero-order chi connectivity index (χ0) is 22.3. The van der Waals surface area contributed by atoms with Gasteiger partial charge in [-0.05, 0) is 0 Å². The Hall–Kier alpha value is -1.51. The third-order valence-electron chi connectivity index (χ3n) is 5.52. The Morgan fingerprint density at radius 3 is 1.23 bits per heavy atom. The molecule has 2 nitrogen and oxygen atoms in total. The van der Waals surface area contributed by atoms with E-state index in [-0.39, 0.29) is 18.5 Å². The van der Waals surface area contributed by atoms with Crippen molar-refractivity contribution in [3.05, 3.63) is 91.0 Å². The van der Waals surface area contributed by atoms with Gasteiger partial charge in [0.15, 0.2) is 0 Å². The van der Waals surface area contributed by atoms with Crippen molar-refractivity contribution in [2.24, 2.45) is 0 Å². The van der Waals surface area contributed by atoms with Crippen LogP contribution in [0.2, 0.25) is 0 Å². The van der Waals surface area contributed by atoms with Gasteiger partial charge in [-0.15, -0.1) is 0 Å². The summed E-state index contributed by atoms with van der Waals surface area (Å²) in [4.78, 5) is 0. The standard InChI is InChI=1S/C27H34BrO2P/c1-22(2)29-27(30-23(3)4)20-21-31(28,24-14-8-5-9-15-24,25-16-10-6-11-17-25)26-18-12-7-13-19-26/h5-19,22-23,27H,20-21H2,1-4H3. The molecule has 0 aliphatic rings. The van der Waals surface area contributed by atoms with E-state index in [1.165, 1.54) is 15.9 Å². The SMILES string of the molecule is CC(C)OC(CCP(Br)(c1ccccc1)(c1ccccc1)c1ccccc1)OC(C)C. The van der Waals surface area contributed by atoms with Gasteiger partial charge in [-0.3, -0.25) is 0 Å². The van der Waals surface area contributed by atoms with Crippen molar-refractivity contribution in [3.63, 3.8) is 0 Å². The molecule has 0 N–H and O–H groups in total. The first-order valence-corrected chi connectivity index (χ1v) is 15.5. The summed E-state index contributed by atoms with van der Waals surface area (Å²) in [5.41, 5.74) is 0. The number of halogens is 1. The van der Waals surface area contributed by atoms with Crippen LogP contribution in [0.15, 0.2) is 91.0 Å². The minimum absolute atomic E-state index is 0.107. The number of hydrogen-bond acceptors (Lipinski definition) is 2. The molecule has 0 fully saturated rings. The summed E-state index contributed by atoms with van der Waals surface area (Å²) < 4.78 is 12.4. The van der Waals surface area contributed by atoms with E-state index in [2.05, 4.69) is 134 Å². The van der Waals surface area contributed by atoms with Crippen LogP contribution in [0, 0.1) is 0 Å². The van der Waals surface area contributed by atoms with Crippen LogP contribution in [0.1, 0.15) is 34.1 Å². The zero-order valence-corrected chi connectivity index (χ0v) is 21.4. The molecule has 4 heteroatoms. The molecule has 0 unspecified atom stereocenters. The van der Waals surface area contributed by atoms with Gasteiger partial charge in [0, 0.05) is 0 Å². The Labute approximate surface area is 195 Å². The summed E-state index contributed by atoms with van der Waals surface area (Å²) in [7, 11) is 0. The van der Waals surface area contributed by atoms with Gasteiger partial charge >= 0.3 is 196 Å². The third kappa shape index (κ3) is 5.29. The van der Waals surface area contributed by atoms with E-state index in [0.29, 0.717) is 0 Å². The van der Waals surface area contributed by atoms with Crippen molar-refractivity contribution in [2.45, 2.75) is 52.6 Å². The monoisotopic (exact) mass is 500 g/mol. The summed E-state index contributed by atoms with van der Waals surface area (Å²) >= 11 is 4.50. The molecule has 166 valence electrons. The van der Waals surface area contributed by atoms with Gasteiger partial charge in [-0.2, -0.15) is 0 Å². The molecular weight excluding hydrogens is 467 g/mol. The molecule has 3 aromatic carbocycles. The predicted molar refractivity (Wildman–Crippen MR) is 140 cm³/mol. The van der Waals surface area contributed by atoms with Gasteiger partial charge in [0.25, 0.3) is 0 Å². The van der Waals surface area contributed by atoms with Gasteiger partial charge in [-0.1, -0.05) is 0 Å². The molecule has 0 saturated heterocycles. The van der Waals surface area contributed by atoms with Crippen LogP contribution < -0.4 is 15.9 Å². The molecule has 3 aromatic rings. The summed E-state index contributed by atoms with van der Waals surface area (Å²) in [5, 5.41) is 1.00. The molecule has 3 rings (SSSR count). The second-order valence-electron chi connectivity index (χ2n) is 8.50. The van der Waals surface area contributed by atoms with Crippen LogP contribution in [-0.4, -0.2) is 24.7 Å². The molecular formula is C27H34BrO2P. The van der Waals surface area contributed by atoms with Crippen LogP contribution in [-0.2, 0) is 9.47 Å². The van der Waals surface area contributed by atoms with Crippen molar-refractivity contribution < 1.29 is 9.47 Å².